The Kier molecular flexibility index (Phi) is 4.38. The van der Waals surface area contributed by atoms with Crippen molar-refractivity contribution in [1.82, 2.24) is 4.90 Å². The van der Waals surface area contributed by atoms with Gasteiger partial charge >= 0.3 is 0 Å². The highest BCUT2D eigenvalue weighted by Crippen LogP contribution is 2.25. The number of carbonyl (C=O) groups is 1. The Balaban J connectivity index is 2.35. The van der Waals surface area contributed by atoms with Crippen LogP contribution in [0.3, 0.4) is 0 Å². The van der Waals surface area contributed by atoms with Crippen molar-refractivity contribution in [3.05, 3.63) is 28.8 Å². The van der Waals surface area contributed by atoms with Crippen LogP contribution >= 0.6 is 22.3 Å². The van der Waals surface area contributed by atoms with Crippen LogP contribution in [0.5, 0.6) is 0 Å². The van der Waals surface area contributed by atoms with E-state index in [1.807, 2.05) is 0 Å². The number of amides is 1. The second kappa shape index (κ2) is 5.69. The summed E-state index contributed by atoms with van der Waals surface area (Å²) in [6.45, 7) is 1.35. The van der Waals surface area contributed by atoms with Crippen LogP contribution in [0.25, 0.3) is 0 Å². The fourth-order valence-corrected chi connectivity index (χ4v) is 3.06. The van der Waals surface area contributed by atoms with Gasteiger partial charge in [0.2, 0.25) is 0 Å². The molecule has 1 fully saturated rings. The molecule has 1 heterocycles. The molecule has 0 unspecified atom stereocenters. The lowest BCUT2D eigenvalue weighted by Gasteiger charge is -2.27. The number of hydrogen-bond donors (Lipinski definition) is 0. The van der Waals surface area contributed by atoms with E-state index in [2.05, 4.69) is 0 Å². The van der Waals surface area contributed by atoms with E-state index in [1.165, 1.54) is 18.2 Å². The predicted molar refractivity (Wildman–Crippen MR) is 74.2 cm³/mol. The number of likely N-dealkylation sites (tertiary alicyclic amines) is 1. The number of nitrogens with zero attached hydrogens (tertiary/aromatic N) is 1. The number of hydrogen-bond acceptors (Lipinski definition) is 3. The Hall–Kier alpha value is -0.780. The third-order valence-corrected chi connectivity index (χ3v) is 4.77. The van der Waals surface area contributed by atoms with Gasteiger partial charge in [0.1, 0.15) is 0 Å². The van der Waals surface area contributed by atoms with Gasteiger partial charge in [-0.1, -0.05) is 11.6 Å². The fraction of sp³-hybridized carbons (Fsp3) is 0.417. The predicted octanol–water partition coefficient (Wildman–Crippen LogP) is 2.89. The second-order valence-electron chi connectivity index (χ2n) is 4.43. The molecule has 0 N–H and O–H groups in total. The molecule has 0 saturated carbocycles. The van der Waals surface area contributed by atoms with Gasteiger partial charge in [-0.2, -0.15) is 0 Å². The summed E-state index contributed by atoms with van der Waals surface area (Å²) in [6, 6.07) is 3.91. The minimum atomic E-state index is -3.86. The van der Waals surface area contributed by atoms with Gasteiger partial charge in [-0.25, -0.2) is 8.42 Å². The first-order valence-electron chi connectivity index (χ1n) is 5.93. The van der Waals surface area contributed by atoms with Crippen molar-refractivity contribution in [1.29, 1.82) is 0 Å². The number of carbonyl (C=O) groups excluding carboxylic acids is 1. The van der Waals surface area contributed by atoms with Crippen molar-refractivity contribution in [2.24, 2.45) is 0 Å². The Bertz CT molecular complexity index is 595. The van der Waals surface area contributed by atoms with E-state index >= 15 is 0 Å². The quantitative estimate of drug-likeness (QED) is 0.787. The van der Waals surface area contributed by atoms with Crippen LogP contribution in [-0.4, -0.2) is 32.3 Å². The summed E-state index contributed by atoms with van der Waals surface area (Å²) >= 11 is 5.97. The van der Waals surface area contributed by atoms with Crippen molar-refractivity contribution in [2.45, 2.75) is 24.2 Å². The van der Waals surface area contributed by atoms with Crippen LogP contribution in [0, 0.1) is 0 Å². The normalized spacial score (nSPS) is 16.4. The van der Waals surface area contributed by atoms with Crippen LogP contribution in [0.15, 0.2) is 23.1 Å². The SMILES string of the molecule is O=C(c1cc(S(=O)(=O)Cl)ccc1Cl)N1CCCCC1. The smallest absolute Gasteiger partial charge is 0.261 e. The first kappa shape index (κ1) is 14.6. The van der Waals surface area contributed by atoms with E-state index < -0.39 is 9.05 Å². The van der Waals surface area contributed by atoms with Gasteiger partial charge in [-0.15, -0.1) is 0 Å². The minimum Gasteiger partial charge on any atom is -0.339 e. The summed E-state index contributed by atoms with van der Waals surface area (Å²) < 4.78 is 22.6. The monoisotopic (exact) mass is 321 g/mol. The van der Waals surface area contributed by atoms with Crippen LogP contribution in [0.4, 0.5) is 0 Å². The maximum Gasteiger partial charge on any atom is 0.261 e. The van der Waals surface area contributed by atoms with Crippen LogP contribution < -0.4 is 0 Å². The standard InChI is InChI=1S/C12H13Cl2NO3S/c13-11-5-4-9(19(14,17)18)8-10(11)12(16)15-6-2-1-3-7-15/h4-5,8H,1-3,6-7H2. The Morgan fingerprint density at radius 1 is 1.16 bits per heavy atom. The molecule has 4 nitrogen and oxygen atoms in total. The molecule has 0 aliphatic carbocycles. The Morgan fingerprint density at radius 2 is 1.79 bits per heavy atom. The third-order valence-electron chi connectivity index (χ3n) is 3.09. The zero-order valence-corrected chi connectivity index (χ0v) is 12.4. The van der Waals surface area contributed by atoms with E-state index in [1.54, 1.807) is 4.90 Å². The largest absolute Gasteiger partial charge is 0.339 e. The van der Waals surface area contributed by atoms with Gasteiger partial charge in [-0.05, 0) is 37.5 Å². The molecule has 0 aromatic heterocycles. The summed E-state index contributed by atoms with van der Waals surface area (Å²) in [6.07, 6.45) is 3.02. The van der Waals surface area contributed by atoms with E-state index in [0.717, 1.165) is 19.3 Å². The summed E-state index contributed by atoms with van der Waals surface area (Å²) in [4.78, 5) is 13.9. The van der Waals surface area contributed by atoms with E-state index in [4.69, 9.17) is 22.3 Å². The molecule has 0 atom stereocenters. The molecule has 7 heteroatoms. The van der Waals surface area contributed by atoms with Crippen LogP contribution in [0.2, 0.25) is 5.02 Å². The molecule has 104 valence electrons. The van der Waals surface area contributed by atoms with Gasteiger partial charge in [0.15, 0.2) is 0 Å². The van der Waals surface area contributed by atoms with Gasteiger partial charge in [0.25, 0.3) is 15.0 Å². The molecule has 1 aliphatic rings. The van der Waals surface area contributed by atoms with Crippen molar-refractivity contribution in [3.63, 3.8) is 0 Å². The molecule has 0 spiro atoms. The molecular formula is C12H13Cl2NO3S. The average molecular weight is 322 g/mol. The molecule has 1 aromatic rings. The molecule has 19 heavy (non-hydrogen) atoms. The fourth-order valence-electron chi connectivity index (χ4n) is 2.09. The highest BCUT2D eigenvalue weighted by Gasteiger charge is 2.22. The molecule has 1 aromatic carbocycles. The molecule has 0 bridgehead atoms. The first-order chi connectivity index (χ1) is 8.89. The second-order valence-corrected chi connectivity index (χ2v) is 7.41. The lowest BCUT2D eigenvalue weighted by Crippen LogP contribution is -2.35. The number of piperidine rings is 1. The van der Waals surface area contributed by atoms with Gasteiger partial charge in [0.05, 0.1) is 15.5 Å². The van der Waals surface area contributed by atoms with E-state index in [-0.39, 0.29) is 21.4 Å². The Morgan fingerprint density at radius 3 is 2.37 bits per heavy atom. The van der Waals surface area contributed by atoms with E-state index in [9.17, 15) is 13.2 Å². The molecule has 1 aliphatic heterocycles. The maximum absolute atomic E-state index is 12.3. The minimum absolute atomic E-state index is 0.112. The number of rotatable bonds is 2. The molecule has 2 rings (SSSR count). The first-order valence-corrected chi connectivity index (χ1v) is 8.62. The molecule has 0 radical (unpaired) electrons. The zero-order valence-electron chi connectivity index (χ0n) is 10.1. The lowest BCUT2D eigenvalue weighted by molar-refractivity contribution is 0.0724. The van der Waals surface area contributed by atoms with Crippen LogP contribution in [-0.2, 0) is 9.05 Å². The Labute approximate surface area is 121 Å². The highest BCUT2D eigenvalue weighted by atomic mass is 35.7. The van der Waals surface area contributed by atoms with Crippen molar-refractivity contribution in [2.75, 3.05) is 13.1 Å². The van der Waals surface area contributed by atoms with Crippen molar-refractivity contribution in [3.8, 4) is 0 Å². The molecular weight excluding hydrogens is 309 g/mol. The lowest BCUT2D eigenvalue weighted by atomic mass is 10.1. The topological polar surface area (TPSA) is 54.5 Å². The molecule has 1 amide bonds. The summed E-state index contributed by atoms with van der Waals surface area (Å²) in [7, 11) is 1.41. The van der Waals surface area contributed by atoms with Gasteiger partial charge < -0.3 is 4.90 Å². The summed E-state index contributed by atoms with van der Waals surface area (Å²) in [5.41, 5.74) is 0.185. The molecule has 1 saturated heterocycles. The third kappa shape index (κ3) is 3.41. The van der Waals surface area contributed by atoms with Gasteiger partial charge in [0, 0.05) is 23.8 Å². The summed E-state index contributed by atoms with van der Waals surface area (Å²) in [5.74, 6) is -0.244. The number of benzene rings is 1. The highest BCUT2D eigenvalue weighted by molar-refractivity contribution is 8.13. The van der Waals surface area contributed by atoms with Gasteiger partial charge in [-0.3, -0.25) is 4.79 Å². The van der Waals surface area contributed by atoms with Crippen molar-refractivity contribution < 1.29 is 13.2 Å². The zero-order chi connectivity index (χ0) is 14.0. The van der Waals surface area contributed by atoms with E-state index in [0.29, 0.717) is 13.1 Å². The van der Waals surface area contributed by atoms with Crippen LogP contribution in [0.1, 0.15) is 29.6 Å². The average Bonchev–Trinajstić information content (AvgIpc) is 2.38. The van der Waals surface area contributed by atoms with Crippen molar-refractivity contribution >= 4 is 37.2 Å². The number of halogens is 2. The summed E-state index contributed by atoms with van der Waals surface area (Å²) in [5, 5.41) is 0.236. The maximum atomic E-state index is 12.3.